The molecule has 0 aliphatic carbocycles. The number of hydrogen-bond acceptors (Lipinski definition) is 5. The van der Waals surface area contributed by atoms with Crippen molar-refractivity contribution in [1.82, 2.24) is 4.98 Å². The molecule has 0 spiro atoms. The van der Waals surface area contributed by atoms with Gasteiger partial charge in [-0.2, -0.15) is 23.5 Å². The number of pyridine rings is 1. The van der Waals surface area contributed by atoms with Crippen molar-refractivity contribution in [3.8, 4) is 0 Å². The predicted octanol–water partition coefficient (Wildman–Crippen LogP) is 2.28. The molecule has 0 saturated carbocycles. The molecular formula is C12H17N3S3. The summed E-state index contributed by atoms with van der Waals surface area (Å²) < 4.78 is 0. The Labute approximate surface area is 122 Å². The summed E-state index contributed by atoms with van der Waals surface area (Å²) in [6.07, 6.45) is 0. The van der Waals surface area contributed by atoms with E-state index in [9.17, 15) is 0 Å². The van der Waals surface area contributed by atoms with Gasteiger partial charge in [0.1, 0.15) is 10.8 Å². The monoisotopic (exact) mass is 299 g/mol. The number of anilines is 1. The maximum atomic E-state index is 5.72. The van der Waals surface area contributed by atoms with Crippen LogP contribution in [0.3, 0.4) is 0 Å². The molecule has 2 heterocycles. The van der Waals surface area contributed by atoms with Gasteiger partial charge in [-0.3, -0.25) is 0 Å². The molecule has 1 atom stereocenters. The Morgan fingerprint density at radius 2 is 2.39 bits per heavy atom. The van der Waals surface area contributed by atoms with Crippen LogP contribution in [0.15, 0.2) is 12.1 Å². The lowest BCUT2D eigenvalue weighted by molar-refractivity contribution is 0.987. The van der Waals surface area contributed by atoms with Gasteiger partial charge >= 0.3 is 0 Å². The van der Waals surface area contributed by atoms with E-state index >= 15 is 0 Å². The Hall–Kier alpha value is -0.460. The largest absolute Gasteiger partial charge is 0.389 e. The quantitative estimate of drug-likeness (QED) is 0.832. The molecule has 0 radical (unpaired) electrons. The molecule has 6 heteroatoms. The first-order chi connectivity index (χ1) is 8.66. The third-order valence-electron chi connectivity index (χ3n) is 2.68. The number of aromatic nitrogens is 1. The van der Waals surface area contributed by atoms with Gasteiger partial charge in [-0.1, -0.05) is 12.2 Å². The van der Waals surface area contributed by atoms with Gasteiger partial charge in [-0.05, 0) is 19.1 Å². The minimum absolute atomic E-state index is 0.399. The summed E-state index contributed by atoms with van der Waals surface area (Å²) in [7, 11) is 0. The Morgan fingerprint density at radius 3 is 3.06 bits per heavy atom. The number of thiocarbonyl (C=S) groups is 1. The molecule has 18 heavy (non-hydrogen) atoms. The lowest BCUT2D eigenvalue weighted by Gasteiger charge is -2.22. The van der Waals surface area contributed by atoms with E-state index in [4.69, 9.17) is 18.0 Å². The van der Waals surface area contributed by atoms with Crippen LogP contribution in [0, 0.1) is 6.92 Å². The Kier molecular flexibility index (Phi) is 5.14. The Bertz CT molecular complexity index is 431. The maximum absolute atomic E-state index is 5.72. The topological polar surface area (TPSA) is 50.9 Å². The molecule has 2 rings (SSSR count). The van der Waals surface area contributed by atoms with Crippen LogP contribution in [0.5, 0.6) is 0 Å². The van der Waals surface area contributed by atoms with Crippen LogP contribution in [0.2, 0.25) is 0 Å². The molecule has 1 aromatic heterocycles. The summed E-state index contributed by atoms with van der Waals surface area (Å²) in [6.45, 7) is 2.89. The minimum Gasteiger partial charge on any atom is -0.389 e. The summed E-state index contributed by atoms with van der Waals surface area (Å²) in [4.78, 5) is 4.88. The van der Waals surface area contributed by atoms with E-state index in [1.54, 1.807) is 0 Å². The van der Waals surface area contributed by atoms with Crippen LogP contribution in [-0.4, -0.2) is 39.0 Å². The summed E-state index contributed by atoms with van der Waals surface area (Å²) in [6, 6.07) is 3.88. The number of nitrogens with two attached hydrogens (primary N) is 1. The van der Waals surface area contributed by atoms with Gasteiger partial charge in [0.25, 0.3) is 0 Å². The van der Waals surface area contributed by atoms with Crippen molar-refractivity contribution in [1.29, 1.82) is 0 Å². The molecule has 1 fully saturated rings. The first kappa shape index (κ1) is 14.0. The third kappa shape index (κ3) is 3.76. The van der Waals surface area contributed by atoms with Crippen molar-refractivity contribution in [2.24, 2.45) is 5.73 Å². The van der Waals surface area contributed by atoms with E-state index in [2.05, 4.69) is 10.3 Å². The number of aryl methyl sites for hydroxylation is 1. The zero-order chi connectivity index (χ0) is 13.0. The normalized spacial score (nSPS) is 19.5. The van der Waals surface area contributed by atoms with Crippen LogP contribution in [-0.2, 0) is 0 Å². The molecule has 1 aliphatic rings. The van der Waals surface area contributed by atoms with Gasteiger partial charge in [0.15, 0.2) is 0 Å². The zero-order valence-electron chi connectivity index (χ0n) is 10.3. The van der Waals surface area contributed by atoms with Crippen molar-refractivity contribution in [2.45, 2.75) is 12.2 Å². The highest BCUT2D eigenvalue weighted by atomic mass is 32.2. The number of thioether (sulfide) groups is 2. The molecule has 98 valence electrons. The van der Waals surface area contributed by atoms with Gasteiger partial charge in [0.2, 0.25) is 0 Å². The first-order valence-corrected chi connectivity index (χ1v) is 8.48. The number of nitrogens with one attached hydrogen (secondary N) is 1. The molecule has 1 aromatic rings. The SMILES string of the molecule is Cc1ccc(C(N)=S)c(NCC2CSCCS2)n1. The van der Waals surface area contributed by atoms with Crippen molar-refractivity contribution < 1.29 is 0 Å². The van der Waals surface area contributed by atoms with E-state index in [-0.39, 0.29) is 0 Å². The van der Waals surface area contributed by atoms with Crippen molar-refractivity contribution >= 4 is 46.5 Å². The summed E-state index contributed by atoms with van der Waals surface area (Å²) >= 11 is 9.10. The maximum Gasteiger partial charge on any atom is 0.136 e. The fourth-order valence-electron chi connectivity index (χ4n) is 1.76. The van der Waals surface area contributed by atoms with Gasteiger partial charge in [0.05, 0.1) is 5.56 Å². The standard InChI is InChI=1S/C12H17N3S3/c1-8-2-3-10(11(13)16)12(15-8)14-6-9-7-17-4-5-18-9/h2-3,9H,4-7H2,1H3,(H2,13,16)(H,14,15). The predicted molar refractivity (Wildman–Crippen MR) is 86.9 cm³/mol. The fraction of sp³-hybridized carbons (Fsp3) is 0.500. The van der Waals surface area contributed by atoms with Gasteiger partial charge in [-0.25, -0.2) is 4.98 Å². The number of rotatable bonds is 4. The molecule has 0 amide bonds. The number of hydrogen-bond donors (Lipinski definition) is 2. The average molecular weight is 299 g/mol. The van der Waals surface area contributed by atoms with Crippen LogP contribution in [0.1, 0.15) is 11.3 Å². The van der Waals surface area contributed by atoms with Crippen LogP contribution in [0.4, 0.5) is 5.82 Å². The minimum atomic E-state index is 0.399. The molecule has 1 unspecified atom stereocenters. The van der Waals surface area contributed by atoms with Crippen LogP contribution < -0.4 is 11.1 Å². The second-order valence-corrected chi connectivity index (χ2v) is 7.16. The van der Waals surface area contributed by atoms with Gasteiger partial charge in [-0.15, -0.1) is 0 Å². The van der Waals surface area contributed by atoms with E-state index < -0.39 is 0 Å². The highest BCUT2D eigenvalue weighted by molar-refractivity contribution is 8.06. The Morgan fingerprint density at radius 1 is 1.56 bits per heavy atom. The van der Waals surface area contributed by atoms with Gasteiger partial charge in [0, 0.05) is 34.7 Å². The number of nitrogens with zero attached hydrogens (tertiary/aromatic N) is 1. The Balaban J connectivity index is 2.03. The smallest absolute Gasteiger partial charge is 0.136 e. The molecule has 0 aromatic carbocycles. The summed E-state index contributed by atoms with van der Waals surface area (Å²) in [5, 5.41) is 4.04. The van der Waals surface area contributed by atoms with Crippen molar-refractivity contribution in [3.63, 3.8) is 0 Å². The molecule has 3 nitrogen and oxygen atoms in total. The highest BCUT2D eigenvalue weighted by Crippen LogP contribution is 2.24. The molecule has 1 aliphatic heterocycles. The first-order valence-electron chi connectivity index (χ1n) is 5.87. The molecular weight excluding hydrogens is 282 g/mol. The highest BCUT2D eigenvalue weighted by Gasteiger charge is 2.15. The molecule has 1 saturated heterocycles. The van der Waals surface area contributed by atoms with Gasteiger partial charge < -0.3 is 11.1 Å². The molecule has 0 bridgehead atoms. The van der Waals surface area contributed by atoms with E-state index in [1.165, 1.54) is 17.3 Å². The van der Waals surface area contributed by atoms with Crippen molar-refractivity contribution in [3.05, 3.63) is 23.4 Å². The fourth-order valence-corrected chi connectivity index (χ4v) is 4.53. The average Bonchev–Trinajstić information content (AvgIpc) is 2.37. The second-order valence-electron chi connectivity index (χ2n) is 4.16. The van der Waals surface area contributed by atoms with Crippen molar-refractivity contribution in [2.75, 3.05) is 29.1 Å². The summed E-state index contributed by atoms with van der Waals surface area (Å²) in [5.74, 6) is 4.52. The summed E-state index contributed by atoms with van der Waals surface area (Å²) in [5.41, 5.74) is 7.53. The van der Waals surface area contributed by atoms with E-state index in [0.717, 1.165) is 23.6 Å². The van der Waals surface area contributed by atoms with Crippen LogP contribution >= 0.6 is 35.7 Å². The lowest BCUT2D eigenvalue weighted by atomic mass is 10.2. The third-order valence-corrected chi connectivity index (χ3v) is 5.75. The molecule has 3 N–H and O–H groups in total. The van der Waals surface area contributed by atoms with E-state index in [0.29, 0.717) is 10.2 Å². The van der Waals surface area contributed by atoms with E-state index in [1.807, 2.05) is 42.6 Å². The van der Waals surface area contributed by atoms with Crippen LogP contribution in [0.25, 0.3) is 0 Å². The zero-order valence-corrected chi connectivity index (χ0v) is 12.8. The lowest BCUT2D eigenvalue weighted by Crippen LogP contribution is -2.25. The second kappa shape index (κ2) is 6.63.